The molecule has 6 nitrogen and oxygen atoms in total. The standard InChI is InChI=1S/C27H29ClN3O3/c1-6-30-23-12-16(3)17(4)13-24(23)34-25(30)9-8-18-10-11-31-22-15-20(28)19(27(32)33-7-2)14-21(22)29(5)26(18)31/h8-9,12-15H,6-7,10-11H2,1-5H3/q+1. The van der Waals surface area contributed by atoms with Gasteiger partial charge in [0, 0.05) is 19.7 Å². The Hall–Kier alpha value is -3.25. The molecule has 34 heavy (non-hydrogen) atoms. The van der Waals surface area contributed by atoms with E-state index in [1.807, 2.05) is 19.2 Å². The van der Waals surface area contributed by atoms with Crippen molar-refractivity contribution in [2.45, 2.75) is 40.7 Å². The van der Waals surface area contributed by atoms with Crippen LogP contribution in [-0.2, 0) is 11.3 Å². The Kier molecular flexibility index (Phi) is 5.64. The largest absolute Gasteiger partial charge is 0.462 e. The molecule has 3 heterocycles. The molecule has 7 heteroatoms. The lowest BCUT2D eigenvalue weighted by atomic mass is 10.1. The van der Waals surface area contributed by atoms with Crippen molar-refractivity contribution in [2.24, 2.45) is 0 Å². The third-order valence-corrected chi connectivity index (χ3v) is 7.08. The average Bonchev–Trinajstić information content (AvgIpc) is 3.45. The first-order valence-corrected chi connectivity index (χ1v) is 12.1. The zero-order valence-corrected chi connectivity index (χ0v) is 21.0. The van der Waals surface area contributed by atoms with E-state index in [0.717, 1.165) is 53.7 Å². The number of aryl methyl sites for hydroxylation is 3. The molecule has 0 N–H and O–H groups in total. The Bertz CT molecular complexity index is 1390. The third-order valence-electron chi connectivity index (χ3n) is 6.77. The number of aromatic nitrogens is 1. The second-order valence-corrected chi connectivity index (χ2v) is 9.18. The molecule has 1 aromatic heterocycles. The van der Waals surface area contributed by atoms with Crippen molar-refractivity contribution in [3.8, 4) is 0 Å². The number of benzene rings is 2. The van der Waals surface area contributed by atoms with Crippen molar-refractivity contribution in [3.63, 3.8) is 0 Å². The van der Waals surface area contributed by atoms with E-state index in [9.17, 15) is 4.79 Å². The number of oxazole rings is 1. The number of anilines is 2. The van der Waals surface area contributed by atoms with E-state index in [1.54, 1.807) is 6.92 Å². The summed E-state index contributed by atoms with van der Waals surface area (Å²) >= 11 is 6.46. The van der Waals surface area contributed by atoms with Gasteiger partial charge in [-0.25, -0.2) is 4.79 Å². The van der Waals surface area contributed by atoms with E-state index >= 15 is 0 Å². The van der Waals surface area contributed by atoms with E-state index in [1.165, 1.54) is 16.7 Å². The van der Waals surface area contributed by atoms with Crippen molar-refractivity contribution in [2.75, 3.05) is 30.0 Å². The van der Waals surface area contributed by atoms with Gasteiger partial charge >= 0.3 is 11.9 Å². The van der Waals surface area contributed by atoms with Gasteiger partial charge in [-0.15, -0.1) is 0 Å². The molecular weight excluding hydrogens is 450 g/mol. The van der Waals surface area contributed by atoms with Gasteiger partial charge in [0.05, 0.1) is 34.6 Å². The molecule has 0 amide bonds. The smallest absolute Gasteiger partial charge is 0.374 e. The number of hydrogen-bond donors (Lipinski definition) is 0. The number of ether oxygens (including phenoxy) is 1. The molecule has 0 fully saturated rings. The van der Waals surface area contributed by atoms with Crippen LogP contribution in [0.5, 0.6) is 0 Å². The molecule has 2 aliphatic rings. The Morgan fingerprint density at radius 2 is 1.91 bits per heavy atom. The highest BCUT2D eigenvalue weighted by Gasteiger charge is 2.36. The van der Waals surface area contributed by atoms with Gasteiger partial charge in [0.1, 0.15) is 12.4 Å². The molecule has 3 aromatic rings. The number of hydrogen-bond acceptors (Lipinski definition) is 5. The lowest BCUT2D eigenvalue weighted by Gasteiger charge is -2.17. The van der Waals surface area contributed by atoms with Crippen LogP contribution in [0.1, 0.15) is 47.6 Å². The fraction of sp³-hybridized carbons (Fsp3) is 0.333. The number of carbonyl (C=O) groups is 1. The highest BCUT2D eigenvalue weighted by atomic mass is 35.5. The number of allylic oxidation sites excluding steroid dienone is 1. The van der Waals surface area contributed by atoms with Crippen molar-refractivity contribution in [1.82, 2.24) is 0 Å². The predicted octanol–water partition coefficient (Wildman–Crippen LogP) is 5.77. The minimum Gasteiger partial charge on any atom is -0.462 e. The zero-order valence-electron chi connectivity index (χ0n) is 20.2. The molecule has 0 spiro atoms. The van der Waals surface area contributed by atoms with E-state index in [2.05, 4.69) is 59.4 Å². The summed E-state index contributed by atoms with van der Waals surface area (Å²) in [4.78, 5) is 16.7. The molecular formula is C27H29ClN3O3+. The maximum Gasteiger partial charge on any atom is 0.374 e. The van der Waals surface area contributed by atoms with Gasteiger partial charge in [-0.3, -0.25) is 0 Å². The second kappa shape index (κ2) is 8.51. The fourth-order valence-corrected chi connectivity index (χ4v) is 5.14. The molecule has 0 bridgehead atoms. The van der Waals surface area contributed by atoms with Crippen LogP contribution in [0.25, 0.3) is 17.2 Å². The quantitative estimate of drug-likeness (QED) is 0.344. The Balaban J connectivity index is 1.52. The Morgan fingerprint density at radius 1 is 1.15 bits per heavy atom. The van der Waals surface area contributed by atoms with Crippen LogP contribution in [-0.4, -0.2) is 26.2 Å². The van der Waals surface area contributed by atoms with E-state index in [-0.39, 0.29) is 0 Å². The molecule has 0 atom stereocenters. The maximum atomic E-state index is 12.3. The van der Waals surface area contributed by atoms with Crippen LogP contribution >= 0.6 is 11.6 Å². The van der Waals surface area contributed by atoms with Crippen LogP contribution in [0.4, 0.5) is 11.4 Å². The first-order chi connectivity index (χ1) is 16.3. The van der Waals surface area contributed by atoms with Gasteiger partial charge in [0.2, 0.25) is 5.58 Å². The summed E-state index contributed by atoms with van der Waals surface area (Å²) < 4.78 is 13.6. The third kappa shape index (κ3) is 3.48. The number of rotatable bonds is 5. The van der Waals surface area contributed by atoms with Gasteiger partial charge in [-0.2, -0.15) is 4.57 Å². The molecule has 0 aliphatic carbocycles. The molecule has 2 aliphatic heterocycles. The SMILES string of the molecule is CCOC(=O)c1cc2c(cc1Cl)N1CCC(C=Cc3oc4cc(C)c(C)cc4[n+]3CC)=C1N2C. The fourth-order valence-electron chi connectivity index (χ4n) is 4.90. The number of halogens is 1. The second-order valence-electron chi connectivity index (χ2n) is 8.77. The van der Waals surface area contributed by atoms with Crippen LogP contribution in [0.2, 0.25) is 5.02 Å². The maximum absolute atomic E-state index is 12.3. The summed E-state index contributed by atoms with van der Waals surface area (Å²) in [6.45, 7) is 10.2. The van der Waals surface area contributed by atoms with Gasteiger partial charge in [0.25, 0.3) is 5.52 Å². The summed E-state index contributed by atoms with van der Waals surface area (Å²) in [5, 5.41) is 0.410. The minimum absolute atomic E-state index is 0.312. The molecule has 0 saturated heterocycles. The highest BCUT2D eigenvalue weighted by Crippen LogP contribution is 2.47. The lowest BCUT2D eigenvalue weighted by molar-refractivity contribution is -0.674. The normalized spacial score (nSPS) is 15.1. The molecule has 0 radical (unpaired) electrons. The lowest BCUT2D eigenvalue weighted by Crippen LogP contribution is -2.33. The van der Waals surface area contributed by atoms with E-state index in [0.29, 0.717) is 17.2 Å². The van der Waals surface area contributed by atoms with Crippen molar-refractivity contribution in [1.29, 1.82) is 0 Å². The minimum atomic E-state index is -0.399. The average molecular weight is 479 g/mol. The number of fused-ring (bicyclic) bond motifs is 4. The van der Waals surface area contributed by atoms with Crippen molar-refractivity contribution in [3.05, 3.63) is 69.3 Å². The van der Waals surface area contributed by atoms with Crippen LogP contribution in [0.15, 0.2) is 46.2 Å². The van der Waals surface area contributed by atoms with E-state index < -0.39 is 5.97 Å². The van der Waals surface area contributed by atoms with Crippen LogP contribution < -0.4 is 14.4 Å². The summed E-state index contributed by atoms with van der Waals surface area (Å²) in [5.74, 6) is 1.54. The number of esters is 1. The first kappa shape index (κ1) is 22.5. The Morgan fingerprint density at radius 3 is 2.65 bits per heavy atom. The van der Waals surface area contributed by atoms with Gasteiger partial charge in [-0.05, 0) is 75.1 Å². The molecule has 2 aromatic carbocycles. The first-order valence-electron chi connectivity index (χ1n) is 11.7. The zero-order chi connectivity index (χ0) is 24.1. The van der Waals surface area contributed by atoms with Crippen molar-refractivity contribution >= 4 is 46.1 Å². The van der Waals surface area contributed by atoms with Gasteiger partial charge in [-0.1, -0.05) is 11.6 Å². The predicted molar refractivity (Wildman–Crippen MR) is 135 cm³/mol. The topological polar surface area (TPSA) is 49.8 Å². The van der Waals surface area contributed by atoms with Gasteiger partial charge in [0.15, 0.2) is 0 Å². The van der Waals surface area contributed by atoms with E-state index in [4.69, 9.17) is 20.8 Å². The highest BCUT2D eigenvalue weighted by molar-refractivity contribution is 6.34. The monoisotopic (exact) mass is 478 g/mol. The van der Waals surface area contributed by atoms with Gasteiger partial charge < -0.3 is 19.0 Å². The number of nitrogens with zero attached hydrogens (tertiary/aromatic N) is 3. The molecule has 5 rings (SSSR count). The summed E-state index contributed by atoms with van der Waals surface area (Å²) in [5.41, 5.74) is 8.07. The molecule has 0 unspecified atom stereocenters. The molecule has 0 saturated carbocycles. The number of carbonyl (C=O) groups excluding carboxylic acids is 1. The van der Waals surface area contributed by atoms with Crippen LogP contribution in [0, 0.1) is 13.8 Å². The van der Waals surface area contributed by atoms with Crippen LogP contribution in [0.3, 0.4) is 0 Å². The molecule has 176 valence electrons. The summed E-state index contributed by atoms with van der Waals surface area (Å²) in [6, 6.07) is 8.01. The summed E-state index contributed by atoms with van der Waals surface area (Å²) in [7, 11) is 2.02. The van der Waals surface area contributed by atoms with Crippen molar-refractivity contribution < 1.29 is 18.5 Å². The Labute approximate surface area is 204 Å². The summed E-state index contributed by atoms with van der Waals surface area (Å²) in [6.07, 6.45) is 5.13.